The second-order valence-corrected chi connectivity index (χ2v) is 7.68. The highest BCUT2D eigenvalue weighted by atomic mass is 35.5. The van der Waals surface area contributed by atoms with Gasteiger partial charge in [-0.25, -0.2) is 0 Å². The number of benzene rings is 2. The second kappa shape index (κ2) is 9.11. The molecule has 0 aromatic heterocycles. The van der Waals surface area contributed by atoms with Crippen LogP contribution in [0.3, 0.4) is 0 Å². The normalized spacial score (nSPS) is 15.9. The molecular formula is C20H19Cl3N2O4. The first-order chi connectivity index (χ1) is 13.8. The monoisotopic (exact) mass is 456 g/mol. The molecule has 1 aliphatic rings. The van der Waals surface area contributed by atoms with Crippen molar-refractivity contribution in [1.29, 1.82) is 0 Å². The lowest BCUT2D eigenvalue weighted by Crippen LogP contribution is -2.43. The number of amides is 2. The Morgan fingerprint density at radius 1 is 1.00 bits per heavy atom. The van der Waals surface area contributed by atoms with E-state index in [0.717, 1.165) is 0 Å². The minimum absolute atomic E-state index is 0.277. The van der Waals surface area contributed by atoms with E-state index < -0.39 is 6.04 Å². The van der Waals surface area contributed by atoms with Gasteiger partial charge in [-0.15, -0.1) is 0 Å². The Morgan fingerprint density at radius 3 is 2.38 bits per heavy atom. The first kappa shape index (κ1) is 21.6. The number of likely N-dealkylation sites (tertiary alicyclic amines) is 1. The maximum Gasteiger partial charge on any atom is 0.254 e. The molecule has 154 valence electrons. The fraction of sp³-hybridized carbons (Fsp3) is 0.300. The highest BCUT2D eigenvalue weighted by Gasteiger charge is 2.35. The first-order valence-electron chi connectivity index (χ1n) is 8.84. The molecule has 6 nitrogen and oxygen atoms in total. The van der Waals surface area contributed by atoms with Crippen LogP contribution in [0.25, 0.3) is 0 Å². The topological polar surface area (TPSA) is 67.9 Å². The first-order valence-corrected chi connectivity index (χ1v) is 9.97. The van der Waals surface area contributed by atoms with Crippen molar-refractivity contribution in [3.8, 4) is 11.5 Å². The van der Waals surface area contributed by atoms with Crippen molar-refractivity contribution in [3.63, 3.8) is 0 Å². The molecule has 1 atom stereocenters. The number of carbonyl (C=O) groups is 2. The van der Waals surface area contributed by atoms with Crippen molar-refractivity contribution in [1.82, 2.24) is 4.90 Å². The highest BCUT2D eigenvalue weighted by molar-refractivity contribution is 6.42. The number of methoxy groups -OCH3 is 2. The standard InChI is InChI=1S/C20H19Cl3N2O4/c1-28-17-10-18(29-2)15(9-14(17)23)24-19(26)16-4-3-7-25(16)20(27)11-5-6-12(21)13(22)8-11/h5-6,8-10,16H,3-4,7H2,1-2H3,(H,24,26). The molecule has 2 aromatic carbocycles. The van der Waals surface area contributed by atoms with Crippen LogP contribution >= 0.6 is 34.8 Å². The molecule has 1 saturated heterocycles. The highest BCUT2D eigenvalue weighted by Crippen LogP contribution is 2.36. The van der Waals surface area contributed by atoms with Crippen molar-refractivity contribution in [2.75, 3.05) is 26.1 Å². The van der Waals surface area contributed by atoms with Crippen molar-refractivity contribution in [2.45, 2.75) is 18.9 Å². The van der Waals surface area contributed by atoms with Crippen molar-refractivity contribution in [2.24, 2.45) is 0 Å². The predicted octanol–water partition coefficient (Wildman–Crippen LogP) is 4.91. The van der Waals surface area contributed by atoms with Crippen LogP contribution in [-0.4, -0.2) is 43.5 Å². The zero-order valence-corrected chi connectivity index (χ0v) is 18.1. The third-order valence-electron chi connectivity index (χ3n) is 4.71. The second-order valence-electron chi connectivity index (χ2n) is 6.46. The molecule has 9 heteroatoms. The summed E-state index contributed by atoms with van der Waals surface area (Å²) in [6.07, 6.45) is 1.26. The van der Waals surface area contributed by atoms with E-state index in [2.05, 4.69) is 5.32 Å². The van der Waals surface area contributed by atoms with Gasteiger partial charge in [0, 0.05) is 18.2 Å². The summed E-state index contributed by atoms with van der Waals surface area (Å²) in [6, 6.07) is 7.18. The average Bonchev–Trinajstić information content (AvgIpc) is 3.19. The summed E-state index contributed by atoms with van der Waals surface area (Å²) >= 11 is 18.1. The summed E-state index contributed by atoms with van der Waals surface area (Å²) < 4.78 is 10.5. The van der Waals surface area contributed by atoms with E-state index in [0.29, 0.717) is 52.2 Å². The molecular weight excluding hydrogens is 439 g/mol. The largest absolute Gasteiger partial charge is 0.495 e. The van der Waals surface area contributed by atoms with Gasteiger partial charge in [-0.3, -0.25) is 9.59 Å². The minimum Gasteiger partial charge on any atom is -0.495 e. The van der Waals surface area contributed by atoms with Gasteiger partial charge in [0.2, 0.25) is 5.91 Å². The van der Waals surface area contributed by atoms with Crippen LogP contribution in [0.1, 0.15) is 23.2 Å². The van der Waals surface area contributed by atoms with E-state index in [-0.39, 0.29) is 16.8 Å². The van der Waals surface area contributed by atoms with Crippen LogP contribution in [0.4, 0.5) is 5.69 Å². The fourth-order valence-corrected chi connectivity index (χ4v) is 3.79. The van der Waals surface area contributed by atoms with Crippen LogP contribution in [0, 0.1) is 0 Å². The number of ether oxygens (including phenoxy) is 2. The SMILES string of the molecule is COc1cc(OC)c(NC(=O)C2CCCN2C(=O)c2ccc(Cl)c(Cl)c2)cc1Cl. The van der Waals surface area contributed by atoms with Crippen LogP contribution in [0.15, 0.2) is 30.3 Å². The van der Waals surface area contributed by atoms with Gasteiger partial charge in [-0.1, -0.05) is 34.8 Å². The number of rotatable bonds is 5. The van der Waals surface area contributed by atoms with Gasteiger partial charge in [0.1, 0.15) is 17.5 Å². The van der Waals surface area contributed by atoms with Gasteiger partial charge < -0.3 is 19.7 Å². The maximum absolute atomic E-state index is 12.9. The smallest absolute Gasteiger partial charge is 0.254 e. The van der Waals surface area contributed by atoms with Crippen molar-refractivity contribution in [3.05, 3.63) is 51.0 Å². The molecule has 1 fully saturated rings. The molecule has 1 heterocycles. The lowest BCUT2D eigenvalue weighted by atomic mass is 10.1. The van der Waals surface area contributed by atoms with Gasteiger partial charge in [0.25, 0.3) is 5.91 Å². The fourth-order valence-electron chi connectivity index (χ4n) is 3.25. The van der Waals surface area contributed by atoms with E-state index in [1.54, 1.807) is 24.3 Å². The van der Waals surface area contributed by atoms with E-state index >= 15 is 0 Å². The van der Waals surface area contributed by atoms with Gasteiger partial charge in [-0.05, 0) is 37.1 Å². The van der Waals surface area contributed by atoms with Gasteiger partial charge in [0.05, 0.1) is 35.0 Å². The van der Waals surface area contributed by atoms with Crippen LogP contribution in [0.2, 0.25) is 15.1 Å². The summed E-state index contributed by atoms with van der Waals surface area (Å²) in [4.78, 5) is 27.4. The molecule has 0 radical (unpaired) electrons. The van der Waals surface area contributed by atoms with E-state index in [1.807, 2.05) is 0 Å². The average molecular weight is 458 g/mol. The minimum atomic E-state index is -0.623. The Kier molecular flexibility index (Phi) is 6.77. The summed E-state index contributed by atoms with van der Waals surface area (Å²) in [5.41, 5.74) is 0.779. The van der Waals surface area contributed by atoms with Crippen LogP contribution in [-0.2, 0) is 4.79 Å². The Labute approximate surface area is 183 Å². The Morgan fingerprint density at radius 2 is 1.72 bits per heavy atom. The van der Waals surface area contributed by atoms with Gasteiger partial charge in [0.15, 0.2) is 0 Å². The Bertz CT molecular complexity index is 952. The van der Waals surface area contributed by atoms with Crippen LogP contribution in [0.5, 0.6) is 11.5 Å². The molecule has 1 unspecified atom stereocenters. The summed E-state index contributed by atoms with van der Waals surface area (Å²) in [6.45, 7) is 0.470. The molecule has 29 heavy (non-hydrogen) atoms. The molecule has 2 amide bonds. The zero-order valence-electron chi connectivity index (χ0n) is 15.8. The number of hydrogen-bond donors (Lipinski definition) is 1. The number of nitrogens with one attached hydrogen (secondary N) is 1. The molecule has 2 aromatic rings. The number of anilines is 1. The lowest BCUT2D eigenvalue weighted by molar-refractivity contribution is -0.119. The third kappa shape index (κ3) is 4.55. The maximum atomic E-state index is 12.9. The quantitative estimate of drug-likeness (QED) is 0.693. The zero-order chi connectivity index (χ0) is 21.1. The molecule has 0 aliphatic carbocycles. The van der Waals surface area contributed by atoms with Gasteiger partial charge in [-0.2, -0.15) is 0 Å². The lowest BCUT2D eigenvalue weighted by Gasteiger charge is -2.24. The van der Waals surface area contributed by atoms with E-state index in [9.17, 15) is 9.59 Å². The molecule has 1 aliphatic heterocycles. The predicted molar refractivity (Wildman–Crippen MR) is 114 cm³/mol. The van der Waals surface area contributed by atoms with Crippen molar-refractivity contribution < 1.29 is 19.1 Å². The molecule has 0 bridgehead atoms. The Balaban J connectivity index is 1.81. The van der Waals surface area contributed by atoms with E-state index in [1.165, 1.54) is 25.2 Å². The number of halogens is 3. The van der Waals surface area contributed by atoms with Crippen LogP contribution < -0.4 is 14.8 Å². The summed E-state index contributed by atoms with van der Waals surface area (Å²) in [7, 11) is 2.97. The summed E-state index contributed by atoms with van der Waals surface area (Å²) in [5.74, 6) is 0.232. The molecule has 0 spiro atoms. The number of carbonyl (C=O) groups excluding carboxylic acids is 2. The Hall–Kier alpha value is -2.15. The molecule has 0 saturated carbocycles. The molecule has 3 rings (SSSR count). The van der Waals surface area contributed by atoms with E-state index in [4.69, 9.17) is 44.3 Å². The van der Waals surface area contributed by atoms with Gasteiger partial charge >= 0.3 is 0 Å². The van der Waals surface area contributed by atoms with Crippen molar-refractivity contribution >= 4 is 52.3 Å². The molecule has 1 N–H and O–H groups in total. The number of hydrogen-bond acceptors (Lipinski definition) is 4. The third-order valence-corrected chi connectivity index (χ3v) is 5.75. The summed E-state index contributed by atoms with van der Waals surface area (Å²) in [5, 5.41) is 3.79. The number of nitrogens with zero attached hydrogens (tertiary/aromatic N) is 1.